The summed E-state index contributed by atoms with van der Waals surface area (Å²) in [5, 5.41) is 15.3. The van der Waals surface area contributed by atoms with Crippen molar-refractivity contribution in [3.05, 3.63) is 34.8 Å². The fourth-order valence-electron chi connectivity index (χ4n) is 2.02. The summed E-state index contributed by atoms with van der Waals surface area (Å²) in [7, 11) is 1.57. The molecule has 0 aliphatic rings. The van der Waals surface area contributed by atoms with Gasteiger partial charge in [0.1, 0.15) is 10.8 Å². The van der Waals surface area contributed by atoms with Crippen LogP contribution in [-0.2, 0) is 16.0 Å². The predicted octanol–water partition coefficient (Wildman–Crippen LogP) is 2.37. The van der Waals surface area contributed by atoms with Crippen molar-refractivity contribution in [3.8, 4) is 5.75 Å². The molecule has 1 heterocycles. The van der Waals surface area contributed by atoms with Crippen molar-refractivity contribution >= 4 is 34.5 Å². The first kappa shape index (κ1) is 19.5. The van der Waals surface area contributed by atoms with Gasteiger partial charge in [-0.05, 0) is 18.6 Å². The summed E-state index contributed by atoms with van der Waals surface area (Å²) in [4.78, 5) is 23.6. The van der Waals surface area contributed by atoms with E-state index in [9.17, 15) is 9.59 Å². The van der Waals surface area contributed by atoms with Crippen LogP contribution in [0.4, 0.5) is 5.13 Å². The van der Waals surface area contributed by atoms with E-state index in [1.165, 1.54) is 17.6 Å². The average Bonchev–Trinajstić information content (AvgIpc) is 3.07. The lowest BCUT2D eigenvalue weighted by molar-refractivity contribution is -0.120. The van der Waals surface area contributed by atoms with Gasteiger partial charge in [0.2, 0.25) is 16.9 Å². The molecule has 0 spiro atoms. The third kappa shape index (κ3) is 6.25. The monoisotopic (exact) mass is 375 g/mol. The number of carbonyl (C=O) groups excluding carboxylic acids is 2. The molecule has 138 valence electrons. The zero-order valence-electron chi connectivity index (χ0n) is 14.7. The fraction of sp³-hybridized carbons (Fsp3) is 0.353. The highest BCUT2D eigenvalue weighted by Gasteiger charge is 2.11. The fourth-order valence-corrected chi connectivity index (χ4v) is 2.77. The van der Waals surface area contributed by atoms with Crippen LogP contribution in [0.5, 0.6) is 5.75 Å². The molecule has 0 aliphatic carbocycles. The topological polar surface area (TPSA) is 106 Å². The number of anilines is 1. The van der Waals surface area contributed by atoms with Gasteiger partial charge in [0, 0.05) is 12.0 Å². The van der Waals surface area contributed by atoms with Gasteiger partial charge in [0.15, 0.2) is 0 Å². The summed E-state index contributed by atoms with van der Waals surface area (Å²) < 4.78 is 5.20. The normalized spacial score (nSPS) is 10.7. The van der Waals surface area contributed by atoms with Crippen LogP contribution >= 0.6 is 11.3 Å². The molecule has 26 heavy (non-hydrogen) atoms. The first-order valence-electron chi connectivity index (χ1n) is 8.19. The van der Waals surface area contributed by atoms with Crippen LogP contribution in [0.25, 0.3) is 0 Å². The molecule has 1 aromatic carbocycles. The summed E-state index contributed by atoms with van der Waals surface area (Å²) in [6, 6.07) is 7.33. The third-order valence-corrected chi connectivity index (χ3v) is 4.15. The Hall–Kier alpha value is -2.81. The van der Waals surface area contributed by atoms with Crippen LogP contribution in [0.2, 0.25) is 0 Å². The summed E-state index contributed by atoms with van der Waals surface area (Å²) >= 11 is 1.17. The maximum absolute atomic E-state index is 11.9. The van der Waals surface area contributed by atoms with E-state index in [1.54, 1.807) is 13.2 Å². The Labute approximate surface area is 155 Å². The van der Waals surface area contributed by atoms with Gasteiger partial charge < -0.3 is 10.1 Å². The van der Waals surface area contributed by atoms with Gasteiger partial charge in [-0.2, -0.15) is 5.10 Å². The van der Waals surface area contributed by atoms with Crippen molar-refractivity contribution < 1.29 is 14.3 Å². The van der Waals surface area contributed by atoms with Gasteiger partial charge in [-0.15, -0.1) is 10.2 Å². The summed E-state index contributed by atoms with van der Waals surface area (Å²) in [5.74, 6) is 0.245. The number of nitrogens with one attached hydrogen (secondary N) is 2. The highest BCUT2D eigenvalue weighted by atomic mass is 32.1. The summed E-state index contributed by atoms with van der Waals surface area (Å²) in [6.07, 6.45) is 3.76. The van der Waals surface area contributed by atoms with E-state index in [4.69, 9.17) is 4.74 Å². The molecule has 0 atom stereocenters. The molecule has 0 fully saturated rings. The summed E-state index contributed by atoms with van der Waals surface area (Å²) in [5.41, 5.74) is 3.19. The number of ether oxygens (including phenoxy) is 1. The zero-order chi connectivity index (χ0) is 18.8. The number of aromatic nitrogens is 2. The molecule has 8 nitrogen and oxygen atoms in total. The maximum atomic E-state index is 11.9. The molecule has 1 aromatic heterocycles. The quantitative estimate of drug-likeness (QED) is 0.517. The Morgan fingerprint density at radius 3 is 2.85 bits per heavy atom. The molecular formula is C17H21N5O3S. The Bertz CT molecular complexity index is 775. The average molecular weight is 375 g/mol. The van der Waals surface area contributed by atoms with Crippen LogP contribution in [-0.4, -0.2) is 35.3 Å². The van der Waals surface area contributed by atoms with E-state index in [-0.39, 0.29) is 18.2 Å². The van der Waals surface area contributed by atoms with Gasteiger partial charge in [-0.1, -0.05) is 36.8 Å². The molecule has 2 rings (SSSR count). The lowest BCUT2D eigenvalue weighted by Gasteiger charge is -2.02. The number of rotatable bonds is 9. The van der Waals surface area contributed by atoms with Gasteiger partial charge in [-0.3, -0.25) is 9.59 Å². The van der Waals surface area contributed by atoms with E-state index < -0.39 is 0 Å². The van der Waals surface area contributed by atoms with Crippen LogP contribution in [0, 0.1) is 0 Å². The second kappa shape index (κ2) is 10.2. The lowest BCUT2D eigenvalue weighted by Crippen LogP contribution is -2.19. The highest BCUT2D eigenvalue weighted by Crippen LogP contribution is 2.16. The van der Waals surface area contributed by atoms with Gasteiger partial charge in [0.05, 0.1) is 19.7 Å². The molecule has 2 amide bonds. The van der Waals surface area contributed by atoms with Crippen LogP contribution in [0.15, 0.2) is 29.4 Å². The van der Waals surface area contributed by atoms with Crippen molar-refractivity contribution in [2.75, 3.05) is 12.4 Å². The van der Waals surface area contributed by atoms with Gasteiger partial charge in [0.25, 0.3) is 0 Å². The molecule has 0 saturated carbocycles. The van der Waals surface area contributed by atoms with E-state index in [2.05, 4.69) is 26.0 Å². The second-order valence-electron chi connectivity index (χ2n) is 5.36. The molecule has 0 unspecified atom stereocenters. The van der Waals surface area contributed by atoms with Crippen molar-refractivity contribution in [1.29, 1.82) is 0 Å². The van der Waals surface area contributed by atoms with Crippen molar-refractivity contribution in [3.63, 3.8) is 0 Å². The SMILES string of the molecule is CCCCC(=O)Nc1nnc(CC(=O)N/N=C\c2ccccc2OC)s1. The molecular weight excluding hydrogens is 354 g/mol. The lowest BCUT2D eigenvalue weighted by atomic mass is 10.2. The second-order valence-corrected chi connectivity index (χ2v) is 6.43. The smallest absolute Gasteiger partial charge is 0.247 e. The minimum atomic E-state index is -0.323. The minimum absolute atomic E-state index is 0.0335. The Morgan fingerprint density at radius 1 is 1.27 bits per heavy atom. The number of nitrogens with zero attached hydrogens (tertiary/aromatic N) is 3. The third-order valence-electron chi connectivity index (χ3n) is 3.31. The number of unbranched alkanes of at least 4 members (excludes halogenated alkanes) is 1. The zero-order valence-corrected chi connectivity index (χ0v) is 15.5. The van der Waals surface area contributed by atoms with E-state index in [0.717, 1.165) is 18.4 Å². The highest BCUT2D eigenvalue weighted by molar-refractivity contribution is 7.15. The van der Waals surface area contributed by atoms with E-state index in [0.29, 0.717) is 22.3 Å². The Balaban J connectivity index is 1.83. The minimum Gasteiger partial charge on any atom is -0.496 e. The molecule has 0 radical (unpaired) electrons. The number of carbonyl (C=O) groups is 2. The first-order chi connectivity index (χ1) is 12.6. The largest absolute Gasteiger partial charge is 0.496 e. The Morgan fingerprint density at radius 2 is 2.08 bits per heavy atom. The van der Waals surface area contributed by atoms with Crippen LogP contribution in [0.1, 0.15) is 36.8 Å². The van der Waals surface area contributed by atoms with Gasteiger partial charge in [-0.25, -0.2) is 5.43 Å². The molecule has 9 heteroatoms. The molecule has 2 aromatic rings. The molecule has 0 saturated heterocycles. The predicted molar refractivity (Wildman–Crippen MR) is 100 cm³/mol. The number of benzene rings is 1. The number of hydrazone groups is 1. The number of methoxy groups -OCH3 is 1. The van der Waals surface area contributed by atoms with E-state index in [1.807, 2.05) is 25.1 Å². The van der Waals surface area contributed by atoms with Gasteiger partial charge >= 0.3 is 0 Å². The van der Waals surface area contributed by atoms with Crippen molar-refractivity contribution in [2.45, 2.75) is 32.6 Å². The standard InChI is InChI=1S/C17H21N5O3S/c1-3-4-9-14(23)19-17-22-21-16(26-17)10-15(24)20-18-11-12-7-5-6-8-13(12)25-2/h5-8,11H,3-4,9-10H2,1-2H3,(H,20,24)(H,19,22,23)/b18-11-. The van der Waals surface area contributed by atoms with Crippen molar-refractivity contribution in [2.24, 2.45) is 5.10 Å². The molecule has 2 N–H and O–H groups in total. The summed E-state index contributed by atoms with van der Waals surface area (Å²) in [6.45, 7) is 2.02. The molecule has 0 bridgehead atoms. The Kier molecular flexibility index (Phi) is 7.69. The van der Waals surface area contributed by atoms with Crippen LogP contribution < -0.4 is 15.5 Å². The van der Waals surface area contributed by atoms with E-state index >= 15 is 0 Å². The first-order valence-corrected chi connectivity index (χ1v) is 9.01. The number of hydrogen-bond acceptors (Lipinski definition) is 7. The number of amides is 2. The maximum Gasteiger partial charge on any atom is 0.247 e. The number of hydrogen-bond donors (Lipinski definition) is 2. The number of para-hydroxylation sites is 1. The van der Waals surface area contributed by atoms with Crippen molar-refractivity contribution in [1.82, 2.24) is 15.6 Å². The van der Waals surface area contributed by atoms with Crippen LogP contribution in [0.3, 0.4) is 0 Å². The molecule has 0 aliphatic heterocycles.